The minimum Gasteiger partial charge on any atom is -0.493 e. The molecule has 0 aromatic heterocycles. The van der Waals surface area contributed by atoms with E-state index in [4.69, 9.17) is 4.74 Å². The first-order chi connectivity index (χ1) is 10.8. The Kier molecular flexibility index (Phi) is 6.49. The molecule has 0 aliphatic heterocycles. The molecule has 0 saturated carbocycles. The van der Waals surface area contributed by atoms with Crippen molar-refractivity contribution in [1.29, 1.82) is 0 Å². The van der Waals surface area contributed by atoms with Crippen LogP contribution in [-0.4, -0.2) is 19.1 Å². The topological polar surface area (TPSA) is 38.3 Å². The molecular formula is C19H23NO2. The highest BCUT2D eigenvalue weighted by Gasteiger charge is 2.10. The first kappa shape index (κ1) is 16.1. The summed E-state index contributed by atoms with van der Waals surface area (Å²) in [5, 5.41) is 3.00. The summed E-state index contributed by atoms with van der Waals surface area (Å²) in [6.07, 6.45) is 1.38. The summed E-state index contributed by atoms with van der Waals surface area (Å²) in [4.78, 5) is 11.9. The molecule has 2 aromatic carbocycles. The molecule has 0 bridgehead atoms. The zero-order chi connectivity index (χ0) is 15.6. The van der Waals surface area contributed by atoms with Crippen LogP contribution in [0.3, 0.4) is 0 Å². The van der Waals surface area contributed by atoms with Gasteiger partial charge in [-0.1, -0.05) is 55.5 Å². The van der Waals surface area contributed by atoms with E-state index >= 15 is 0 Å². The van der Waals surface area contributed by atoms with Crippen molar-refractivity contribution in [3.63, 3.8) is 0 Å². The van der Waals surface area contributed by atoms with Gasteiger partial charge in [0.15, 0.2) is 0 Å². The average Bonchev–Trinajstić information content (AvgIpc) is 2.57. The van der Waals surface area contributed by atoms with Gasteiger partial charge in [0.1, 0.15) is 5.75 Å². The van der Waals surface area contributed by atoms with Crippen molar-refractivity contribution >= 4 is 5.91 Å². The lowest BCUT2D eigenvalue weighted by molar-refractivity contribution is -0.121. The number of rotatable bonds is 8. The van der Waals surface area contributed by atoms with E-state index in [1.54, 1.807) is 0 Å². The van der Waals surface area contributed by atoms with E-state index in [9.17, 15) is 4.79 Å². The molecule has 2 rings (SSSR count). The highest BCUT2D eigenvalue weighted by atomic mass is 16.5. The van der Waals surface area contributed by atoms with Gasteiger partial charge in [0, 0.05) is 12.5 Å². The van der Waals surface area contributed by atoms with Crippen LogP contribution < -0.4 is 10.1 Å². The lowest BCUT2D eigenvalue weighted by Gasteiger charge is -2.16. The van der Waals surface area contributed by atoms with Gasteiger partial charge in [0.2, 0.25) is 5.91 Å². The third-order valence-electron chi connectivity index (χ3n) is 3.65. The monoisotopic (exact) mass is 297 g/mol. The standard InChI is InChI=1S/C19H23NO2/c1-2-16(17-9-5-3-6-10-17)15-20-19(21)13-14-22-18-11-7-4-8-12-18/h3-12,16H,2,13-15H2,1H3,(H,20,21). The van der Waals surface area contributed by atoms with Gasteiger partial charge in [-0.25, -0.2) is 0 Å². The van der Waals surface area contributed by atoms with Gasteiger partial charge in [0.05, 0.1) is 13.0 Å². The van der Waals surface area contributed by atoms with Gasteiger partial charge in [-0.05, 0) is 24.1 Å². The molecule has 1 atom stereocenters. The van der Waals surface area contributed by atoms with Gasteiger partial charge >= 0.3 is 0 Å². The second kappa shape index (κ2) is 8.88. The molecule has 1 unspecified atom stereocenters. The summed E-state index contributed by atoms with van der Waals surface area (Å²) in [6, 6.07) is 19.9. The second-order valence-electron chi connectivity index (χ2n) is 5.23. The lowest BCUT2D eigenvalue weighted by atomic mass is 9.96. The fourth-order valence-electron chi connectivity index (χ4n) is 2.33. The first-order valence-corrected chi connectivity index (χ1v) is 7.79. The number of benzene rings is 2. The summed E-state index contributed by atoms with van der Waals surface area (Å²) < 4.78 is 5.53. The zero-order valence-corrected chi connectivity index (χ0v) is 13.0. The largest absolute Gasteiger partial charge is 0.493 e. The van der Waals surface area contributed by atoms with Gasteiger partial charge < -0.3 is 10.1 Å². The van der Waals surface area contributed by atoms with Gasteiger partial charge in [-0.2, -0.15) is 0 Å². The van der Waals surface area contributed by atoms with Crippen molar-refractivity contribution in [3.05, 3.63) is 66.2 Å². The van der Waals surface area contributed by atoms with Gasteiger partial charge in [0.25, 0.3) is 0 Å². The van der Waals surface area contributed by atoms with Crippen molar-refractivity contribution in [2.24, 2.45) is 0 Å². The third-order valence-corrected chi connectivity index (χ3v) is 3.65. The molecule has 116 valence electrons. The van der Waals surface area contributed by atoms with E-state index < -0.39 is 0 Å². The Bertz CT molecular complexity index is 554. The third kappa shape index (κ3) is 5.24. The molecule has 0 fully saturated rings. The van der Waals surface area contributed by atoms with Crippen molar-refractivity contribution in [3.8, 4) is 5.75 Å². The highest BCUT2D eigenvalue weighted by Crippen LogP contribution is 2.17. The van der Waals surface area contributed by atoms with Gasteiger partial charge in [-0.3, -0.25) is 4.79 Å². The quantitative estimate of drug-likeness (QED) is 0.805. The van der Waals surface area contributed by atoms with E-state index in [1.165, 1.54) is 5.56 Å². The van der Waals surface area contributed by atoms with E-state index in [-0.39, 0.29) is 5.91 Å². The van der Waals surface area contributed by atoms with Crippen molar-refractivity contribution in [1.82, 2.24) is 5.32 Å². The maximum Gasteiger partial charge on any atom is 0.223 e. The van der Waals surface area contributed by atoms with Crippen LogP contribution in [0.1, 0.15) is 31.2 Å². The molecule has 0 spiro atoms. The van der Waals surface area contributed by atoms with E-state index in [2.05, 4.69) is 24.4 Å². The predicted molar refractivity (Wildman–Crippen MR) is 89.0 cm³/mol. The van der Waals surface area contributed by atoms with Crippen LogP contribution >= 0.6 is 0 Å². The van der Waals surface area contributed by atoms with Crippen molar-refractivity contribution in [2.45, 2.75) is 25.7 Å². The highest BCUT2D eigenvalue weighted by molar-refractivity contribution is 5.76. The summed E-state index contributed by atoms with van der Waals surface area (Å²) in [5.74, 6) is 1.19. The number of carbonyl (C=O) groups excluding carboxylic acids is 1. The molecule has 0 aliphatic rings. The molecule has 1 N–H and O–H groups in total. The fraction of sp³-hybridized carbons (Fsp3) is 0.316. The van der Waals surface area contributed by atoms with E-state index in [0.29, 0.717) is 25.5 Å². The van der Waals surface area contributed by atoms with Crippen LogP contribution in [0.5, 0.6) is 5.75 Å². The Morgan fingerprint density at radius 2 is 1.68 bits per heavy atom. The minimum atomic E-state index is 0.0327. The van der Waals surface area contributed by atoms with Crippen LogP contribution in [0.25, 0.3) is 0 Å². The normalized spacial score (nSPS) is 11.7. The van der Waals surface area contributed by atoms with Crippen molar-refractivity contribution < 1.29 is 9.53 Å². The van der Waals surface area contributed by atoms with Crippen LogP contribution in [0.2, 0.25) is 0 Å². The van der Waals surface area contributed by atoms with E-state index in [1.807, 2.05) is 48.5 Å². The number of para-hydroxylation sites is 1. The Balaban J connectivity index is 1.70. The number of amides is 1. The summed E-state index contributed by atoms with van der Waals surface area (Å²) in [6.45, 7) is 3.21. The molecule has 2 aromatic rings. The zero-order valence-electron chi connectivity index (χ0n) is 13.0. The summed E-state index contributed by atoms with van der Waals surface area (Å²) >= 11 is 0. The molecule has 0 saturated heterocycles. The molecule has 0 radical (unpaired) electrons. The number of carbonyl (C=O) groups is 1. The Labute approximate surface area is 132 Å². The van der Waals surface area contributed by atoms with Crippen LogP contribution in [0.4, 0.5) is 0 Å². The van der Waals surface area contributed by atoms with Crippen molar-refractivity contribution in [2.75, 3.05) is 13.2 Å². The van der Waals surface area contributed by atoms with Crippen LogP contribution in [0, 0.1) is 0 Å². The average molecular weight is 297 g/mol. The smallest absolute Gasteiger partial charge is 0.223 e. The molecular weight excluding hydrogens is 274 g/mol. The molecule has 3 heteroatoms. The summed E-state index contributed by atoms with van der Waals surface area (Å²) in [7, 11) is 0. The maximum absolute atomic E-state index is 11.9. The van der Waals surface area contributed by atoms with Crippen LogP contribution in [0.15, 0.2) is 60.7 Å². The Hall–Kier alpha value is -2.29. The first-order valence-electron chi connectivity index (χ1n) is 7.79. The summed E-state index contributed by atoms with van der Waals surface area (Å²) in [5.41, 5.74) is 1.27. The molecule has 1 amide bonds. The number of ether oxygens (including phenoxy) is 1. The molecule has 3 nitrogen and oxygen atoms in total. The molecule has 22 heavy (non-hydrogen) atoms. The fourth-order valence-corrected chi connectivity index (χ4v) is 2.33. The number of hydrogen-bond donors (Lipinski definition) is 1. The lowest BCUT2D eigenvalue weighted by Crippen LogP contribution is -2.29. The Morgan fingerprint density at radius 3 is 2.32 bits per heavy atom. The number of nitrogens with one attached hydrogen (secondary N) is 1. The maximum atomic E-state index is 11.9. The van der Waals surface area contributed by atoms with Gasteiger partial charge in [-0.15, -0.1) is 0 Å². The Morgan fingerprint density at radius 1 is 1.05 bits per heavy atom. The molecule has 0 aliphatic carbocycles. The number of hydrogen-bond acceptors (Lipinski definition) is 2. The SMILES string of the molecule is CCC(CNC(=O)CCOc1ccccc1)c1ccccc1. The predicted octanol–water partition coefficient (Wildman–Crippen LogP) is 3.77. The minimum absolute atomic E-state index is 0.0327. The van der Waals surface area contributed by atoms with E-state index in [0.717, 1.165) is 12.2 Å². The molecule has 0 heterocycles. The second-order valence-corrected chi connectivity index (χ2v) is 5.23. The van der Waals surface area contributed by atoms with Crippen LogP contribution in [-0.2, 0) is 4.79 Å².